The summed E-state index contributed by atoms with van der Waals surface area (Å²) in [6.45, 7) is 9.46. The Balaban J connectivity index is 3.31. The molecule has 0 heterocycles. The van der Waals surface area contributed by atoms with E-state index < -0.39 is 19.8 Å². The minimum absolute atomic E-state index is 0.760. The molecule has 0 aliphatic carbocycles. The van der Waals surface area contributed by atoms with Gasteiger partial charge in [0.1, 0.15) is 0 Å². The van der Waals surface area contributed by atoms with Crippen LogP contribution in [0.25, 0.3) is 0 Å². The SMILES string of the molecule is C[CH2][Sn]([CH2]C)[CH2]C(C)C. The van der Waals surface area contributed by atoms with Gasteiger partial charge in [0.15, 0.2) is 0 Å². The summed E-state index contributed by atoms with van der Waals surface area (Å²) in [6, 6.07) is 0. The Kier molecular flexibility index (Phi) is 6.07. The van der Waals surface area contributed by atoms with Gasteiger partial charge in [-0.3, -0.25) is 0 Å². The minimum atomic E-state index is -0.760. The van der Waals surface area contributed by atoms with Gasteiger partial charge in [-0.25, -0.2) is 0 Å². The zero-order valence-electron chi connectivity index (χ0n) is 7.20. The number of hydrogen-bond donors (Lipinski definition) is 0. The van der Waals surface area contributed by atoms with E-state index in [0.29, 0.717) is 0 Å². The van der Waals surface area contributed by atoms with Crippen LogP contribution >= 0.6 is 0 Å². The summed E-state index contributed by atoms with van der Waals surface area (Å²) in [7, 11) is 0. The van der Waals surface area contributed by atoms with E-state index >= 15 is 0 Å². The van der Waals surface area contributed by atoms with Gasteiger partial charge in [-0.05, 0) is 0 Å². The number of rotatable bonds is 4. The molecule has 0 unspecified atom stereocenters. The Morgan fingerprint density at radius 2 is 1.56 bits per heavy atom. The topological polar surface area (TPSA) is 0 Å². The fourth-order valence-corrected chi connectivity index (χ4v) is 7.49. The molecule has 0 bridgehead atoms. The van der Waals surface area contributed by atoms with Crippen molar-refractivity contribution in [3.8, 4) is 0 Å². The van der Waals surface area contributed by atoms with Gasteiger partial charge in [0.25, 0.3) is 0 Å². The van der Waals surface area contributed by atoms with Crippen molar-refractivity contribution in [2.75, 3.05) is 0 Å². The molecule has 0 saturated carbocycles. The summed E-state index contributed by atoms with van der Waals surface area (Å²) in [6.07, 6.45) is 0. The van der Waals surface area contributed by atoms with Gasteiger partial charge in [0, 0.05) is 0 Å². The van der Waals surface area contributed by atoms with Gasteiger partial charge < -0.3 is 0 Å². The second-order valence-corrected chi connectivity index (χ2v) is 12.5. The molecule has 0 rings (SSSR count). The predicted molar refractivity (Wildman–Crippen MR) is 46.4 cm³/mol. The average molecular weight is 234 g/mol. The molecule has 1 radical (unpaired) electrons. The number of hydrogen-bond acceptors (Lipinski definition) is 0. The summed E-state index contributed by atoms with van der Waals surface area (Å²) >= 11 is -0.760. The van der Waals surface area contributed by atoms with E-state index in [1.807, 2.05) is 0 Å². The van der Waals surface area contributed by atoms with Gasteiger partial charge in [-0.15, -0.1) is 0 Å². The van der Waals surface area contributed by atoms with Crippen LogP contribution in [0.2, 0.25) is 13.3 Å². The van der Waals surface area contributed by atoms with Crippen LogP contribution in [0.3, 0.4) is 0 Å². The molecule has 1 heteroatoms. The Bertz CT molecular complexity index is 55.6. The molecular weight excluding hydrogens is 215 g/mol. The zero-order chi connectivity index (χ0) is 7.28. The summed E-state index contributed by atoms with van der Waals surface area (Å²) in [5.41, 5.74) is 0. The van der Waals surface area contributed by atoms with E-state index in [2.05, 4.69) is 27.7 Å². The quantitative estimate of drug-likeness (QED) is 0.655. The molecule has 0 amide bonds. The molecule has 0 aliphatic rings. The van der Waals surface area contributed by atoms with Crippen LogP contribution in [0.15, 0.2) is 0 Å². The Labute approximate surface area is 66.8 Å². The van der Waals surface area contributed by atoms with Gasteiger partial charge in [-0.1, -0.05) is 0 Å². The first-order valence-corrected chi connectivity index (χ1v) is 10.1. The van der Waals surface area contributed by atoms with Crippen molar-refractivity contribution in [3.63, 3.8) is 0 Å². The monoisotopic (exact) mass is 235 g/mol. The molecule has 0 N–H and O–H groups in total. The Hall–Kier alpha value is 0.799. The van der Waals surface area contributed by atoms with Gasteiger partial charge in [0.05, 0.1) is 0 Å². The fraction of sp³-hybridized carbons (Fsp3) is 1.00. The second-order valence-electron chi connectivity index (χ2n) is 3.06. The molecule has 0 aliphatic heterocycles. The molecule has 0 atom stereocenters. The van der Waals surface area contributed by atoms with E-state index in [1.165, 1.54) is 0 Å². The Morgan fingerprint density at radius 1 is 1.11 bits per heavy atom. The van der Waals surface area contributed by atoms with Crippen LogP contribution in [0.5, 0.6) is 0 Å². The molecular formula is C8H19Sn. The van der Waals surface area contributed by atoms with Crippen molar-refractivity contribution in [3.05, 3.63) is 0 Å². The fourth-order valence-electron chi connectivity index (χ4n) is 1.12. The van der Waals surface area contributed by atoms with E-state index in [1.54, 1.807) is 13.3 Å². The molecule has 0 saturated heterocycles. The van der Waals surface area contributed by atoms with Crippen LogP contribution in [0.4, 0.5) is 0 Å². The maximum atomic E-state index is 2.38. The molecule has 0 aromatic rings. The Morgan fingerprint density at radius 3 is 1.67 bits per heavy atom. The average Bonchev–Trinajstić information content (AvgIpc) is 1.82. The van der Waals surface area contributed by atoms with Crippen LogP contribution in [-0.2, 0) is 0 Å². The molecule has 55 valence electrons. The first kappa shape index (κ1) is 9.80. The van der Waals surface area contributed by atoms with Crippen LogP contribution in [0, 0.1) is 5.92 Å². The third-order valence-electron chi connectivity index (χ3n) is 1.70. The van der Waals surface area contributed by atoms with E-state index in [0.717, 1.165) is 5.92 Å². The van der Waals surface area contributed by atoms with Crippen molar-refractivity contribution in [2.45, 2.75) is 41.0 Å². The van der Waals surface area contributed by atoms with Crippen LogP contribution in [0.1, 0.15) is 27.7 Å². The van der Waals surface area contributed by atoms with Gasteiger partial charge in [-0.2, -0.15) is 0 Å². The molecule has 0 spiro atoms. The summed E-state index contributed by atoms with van der Waals surface area (Å²) in [4.78, 5) is 0. The molecule has 0 aromatic carbocycles. The standard InChI is InChI=1S/C4H9.2C2H5.Sn/c1-4(2)3;2*1-2;/h4H,1H2,2-3H3;2*1H2,2H3;. The van der Waals surface area contributed by atoms with Crippen LogP contribution < -0.4 is 0 Å². The first-order valence-electron chi connectivity index (χ1n) is 4.04. The molecule has 0 fully saturated rings. The normalized spacial score (nSPS) is 11.3. The summed E-state index contributed by atoms with van der Waals surface area (Å²) in [5.74, 6) is 0.972. The van der Waals surface area contributed by atoms with E-state index in [9.17, 15) is 0 Å². The summed E-state index contributed by atoms with van der Waals surface area (Å²) < 4.78 is 4.71. The van der Waals surface area contributed by atoms with E-state index in [4.69, 9.17) is 0 Å². The third-order valence-corrected chi connectivity index (χ3v) is 11.4. The zero-order valence-corrected chi connectivity index (χ0v) is 10.1. The van der Waals surface area contributed by atoms with Crippen molar-refractivity contribution < 1.29 is 0 Å². The summed E-state index contributed by atoms with van der Waals surface area (Å²) in [5, 5.41) is 0. The van der Waals surface area contributed by atoms with Crippen molar-refractivity contribution in [2.24, 2.45) is 5.92 Å². The molecule has 9 heavy (non-hydrogen) atoms. The second kappa shape index (κ2) is 5.57. The van der Waals surface area contributed by atoms with Crippen molar-refractivity contribution in [1.82, 2.24) is 0 Å². The first-order chi connectivity index (χ1) is 4.20. The third kappa shape index (κ3) is 5.25. The van der Waals surface area contributed by atoms with Gasteiger partial charge >= 0.3 is 66.7 Å². The maximum absolute atomic E-state index is 2.38. The van der Waals surface area contributed by atoms with Crippen molar-refractivity contribution in [1.29, 1.82) is 0 Å². The molecule has 0 aromatic heterocycles. The van der Waals surface area contributed by atoms with Crippen LogP contribution in [-0.4, -0.2) is 19.8 Å². The predicted octanol–water partition coefficient (Wildman–Crippen LogP) is 3.18. The van der Waals surface area contributed by atoms with E-state index in [-0.39, 0.29) is 0 Å². The van der Waals surface area contributed by atoms with Gasteiger partial charge in [0.2, 0.25) is 0 Å². The van der Waals surface area contributed by atoms with Crippen molar-refractivity contribution >= 4 is 19.8 Å². The molecule has 0 nitrogen and oxygen atoms in total.